The topological polar surface area (TPSA) is 68.0 Å². The second-order valence-corrected chi connectivity index (χ2v) is 4.01. The van der Waals surface area contributed by atoms with Gasteiger partial charge in [0.2, 0.25) is 12.3 Å². The van der Waals surface area contributed by atoms with Crippen LogP contribution in [0.5, 0.6) is 0 Å². The summed E-state index contributed by atoms with van der Waals surface area (Å²) in [5, 5.41) is 6.15. The fourth-order valence-electron chi connectivity index (χ4n) is 2.05. The van der Waals surface area contributed by atoms with Crippen LogP contribution < -0.4 is 5.32 Å². The first-order valence-corrected chi connectivity index (χ1v) is 5.41. The Morgan fingerprint density at radius 1 is 1.47 bits per heavy atom. The van der Waals surface area contributed by atoms with Crippen LogP contribution in [0.3, 0.4) is 0 Å². The minimum atomic E-state index is -0.0108. The Morgan fingerprint density at radius 3 is 2.93 bits per heavy atom. The largest absolute Gasteiger partial charge is 0.341 e. The van der Waals surface area contributed by atoms with E-state index in [9.17, 15) is 4.79 Å². The predicted octanol–water partition coefficient (Wildman–Crippen LogP) is 1.98. The maximum atomic E-state index is 11.5. The van der Waals surface area contributed by atoms with E-state index in [1.54, 1.807) is 0 Å². The van der Waals surface area contributed by atoms with Crippen LogP contribution in [-0.4, -0.2) is 16.0 Å². The Bertz CT molecular complexity index is 304. The van der Waals surface area contributed by atoms with E-state index in [0.29, 0.717) is 12.3 Å². The third-order valence-corrected chi connectivity index (χ3v) is 2.81. The zero-order valence-corrected chi connectivity index (χ0v) is 8.61. The third-order valence-electron chi connectivity index (χ3n) is 2.81. The number of anilines is 1. The van der Waals surface area contributed by atoms with E-state index in [2.05, 4.69) is 20.0 Å². The van der Waals surface area contributed by atoms with Crippen LogP contribution in [0.1, 0.15) is 38.5 Å². The first-order chi connectivity index (χ1) is 7.34. The summed E-state index contributed by atoms with van der Waals surface area (Å²) in [5.74, 6) is 0.782. The highest BCUT2D eigenvalue weighted by atomic mass is 16.5. The number of hydrogen-bond acceptors (Lipinski definition) is 4. The van der Waals surface area contributed by atoms with E-state index in [1.807, 2.05) is 0 Å². The lowest BCUT2D eigenvalue weighted by atomic mass is 9.87. The van der Waals surface area contributed by atoms with Gasteiger partial charge in [0.05, 0.1) is 0 Å². The van der Waals surface area contributed by atoms with Crippen molar-refractivity contribution in [1.29, 1.82) is 0 Å². The van der Waals surface area contributed by atoms with Crippen molar-refractivity contribution in [2.75, 3.05) is 5.32 Å². The molecule has 0 radical (unpaired) electrons. The predicted molar refractivity (Wildman–Crippen MR) is 54.1 cm³/mol. The van der Waals surface area contributed by atoms with Crippen molar-refractivity contribution in [3.63, 3.8) is 0 Å². The van der Waals surface area contributed by atoms with E-state index < -0.39 is 0 Å². The molecule has 0 aromatic carbocycles. The molecule has 1 aliphatic carbocycles. The van der Waals surface area contributed by atoms with E-state index in [0.717, 1.165) is 0 Å². The summed E-state index contributed by atoms with van der Waals surface area (Å²) in [6.07, 6.45) is 7.92. The number of nitrogens with one attached hydrogen (secondary N) is 1. The number of carbonyl (C=O) groups is 1. The fraction of sp³-hybridized carbons (Fsp3) is 0.700. The fourth-order valence-corrected chi connectivity index (χ4v) is 2.05. The van der Waals surface area contributed by atoms with Gasteiger partial charge in [0.1, 0.15) is 0 Å². The van der Waals surface area contributed by atoms with Gasteiger partial charge in [-0.25, -0.2) is 0 Å². The molecular formula is C10H15N3O2. The van der Waals surface area contributed by atoms with Crippen molar-refractivity contribution in [2.24, 2.45) is 5.92 Å². The normalized spacial score (nSPS) is 17.6. The summed E-state index contributed by atoms with van der Waals surface area (Å²) in [4.78, 5) is 15.3. The van der Waals surface area contributed by atoms with Gasteiger partial charge in [0.15, 0.2) is 0 Å². The molecule has 2 rings (SSSR count). The van der Waals surface area contributed by atoms with E-state index >= 15 is 0 Å². The van der Waals surface area contributed by atoms with Crippen LogP contribution in [-0.2, 0) is 4.79 Å². The highest BCUT2D eigenvalue weighted by Crippen LogP contribution is 2.26. The molecule has 0 saturated heterocycles. The second kappa shape index (κ2) is 4.91. The minimum absolute atomic E-state index is 0.0108. The highest BCUT2D eigenvalue weighted by Gasteiger charge is 2.17. The van der Waals surface area contributed by atoms with Gasteiger partial charge in [0, 0.05) is 6.42 Å². The number of aromatic nitrogens is 2. The lowest BCUT2D eigenvalue weighted by Gasteiger charge is -2.20. The Labute approximate surface area is 88.2 Å². The van der Waals surface area contributed by atoms with Gasteiger partial charge in [-0.1, -0.05) is 19.3 Å². The molecule has 15 heavy (non-hydrogen) atoms. The Kier molecular flexibility index (Phi) is 3.32. The van der Waals surface area contributed by atoms with Crippen molar-refractivity contribution in [3.8, 4) is 0 Å². The zero-order chi connectivity index (χ0) is 10.5. The molecule has 0 spiro atoms. The molecule has 1 aromatic heterocycles. The summed E-state index contributed by atoms with van der Waals surface area (Å²) in [6, 6.07) is 0. The van der Waals surface area contributed by atoms with Crippen LogP contribution in [0, 0.1) is 5.92 Å². The molecule has 5 nitrogen and oxygen atoms in total. The summed E-state index contributed by atoms with van der Waals surface area (Å²) in [7, 11) is 0. The molecule has 82 valence electrons. The molecule has 1 saturated carbocycles. The van der Waals surface area contributed by atoms with E-state index in [-0.39, 0.29) is 11.9 Å². The van der Waals surface area contributed by atoms with Gasteiger partial charge >= 0.3 is 0 Å². The van der Waals surface area contributed by atoms with Gasteiger partial charge in [-0.3, -0.25) is 10.1 Å². The molecule has 1 heterocycles. The maximum absolute atomic E-state index is 11.5. The smallest absolute Gasteiger partial charge is 0.269 e. The van der Waals surface area contributed by atoms with Crippen molar-refractivity contribution in [2.45, 2.75) is 38.5 Å². The van der Waals surface area contributed by atoms with Crippen LogP contribution in [0.2, 0.25) is 0 Å². The number of carbonyl (C=O) groups excluding carboxylic acids is 1. The van der Waals surface area contributed by atoms with Gasteiger partial charge in [-0.2, -0.15) is 4.98 Å². The lowest BCUT2D eigenvalue weighted by Crippen LogP contribution is -2.18. The van der Waals surface area contributed by atoms with Crippen molar-refractivity contribution < 1.29 is 9.32 Å². The molecule has 0 bridgehead atoms. The molecule has 1 aliphatic rings. The standard InChI is InChI=1S/C10H15N3O2/c14-9(12-10-11-7-15-13-10)6-8-4-2-1-3-5-8/h7-8H,1-6H2,(H,12,13,14). The molecular weight excluding hydrogens is 194 g/mol. The van der Waals surface area contributed by atoms with Crippen molar-refractivity contribution in [3.05, 3.63) is 6.39 Å². The molecule has 1 aromatic rings. The molecule has 1 amide bonds. The minimum Gasteiger partial charge on any atom is -0.341 e. The SMILES string of the molecule is O=C(CC1CCCCC1)Nc1ncon1. The average Bonchev–Trinajstić information content (AvgIpc) is 2.71. The van der Waals surface area contributed by atoms with Gasteiger partial charge < -0.3 is 4.52 Å². The van der Waals surface area contributed by atoms with Crippen LogP contribution in [0.15, 0.2) is 10.9 Å². The Balaban J connectivity index is 1.76. The summed E-state index contributed by atoms with van der Waals surface area (Å²) in [6.45, 7) is 0. The zero-order valence-electron chi connectivity index (χ0n) is 8.61. The average molecular weight is 209 g/mol. The summed E-state index contributed by atoms with van der Waals surface area (Å²) in [5.41, 5.74) is 0. The van der Waals surface area contributed by atoms with Crippen molar-refractivity contribution in [1.82, 2.24) is 10.1 Å². The lowest BCUT2D eigenvalue weighted by molar-refractivity contribution is -0.117. The second-order valence-electron chi connectivity index (χ2n) is 4.01. The van der Waals surface area contributed by atoms with Crippen LogP contribution in [0.25, 0.3) is 0 Å². The van der Waals surface area contributed by atoms with Gasteiger partial charge in [-0.05, 0) is 23.9 Å². The van der Waals surface area contributed by atoms with Gasteiger partial charge in [-0.15, -0.1) is 0 Å². The number of amides is 1. The first-order valence-electron chi connectivity index (χ1n) is 5.41. The molecule has 1 fully saturated rings. The third kappa shape index (κ3) is 3.04. The molecule has 5 heteroatoms. The van der Waals surface area contributed by atoms with Crippen LogP contribution >= 0.6 is 0 Å². The summed E-state index contributed by atoms with van der Waals surface area (Å²) >= 11 is 0. The van der Waals surface area contributed by atoms with Gasteiger partial charge in [0.25, 0.3) is 5.95 Å². The number of nitrogens with zero attached hydrogens (tertiary/aromatic N) is 2. The molecule has 0 unspecified atom stereocenters. The number of rotatable bonds is 3. The molecule has 0 atom stereocenters. The summed E-state index contributed by atoms with van der Waals surface area (Å²) < 4.78 is 4.53. The van der Waals surface area contributed by atoms with Crippen LogP contribution in [0.4, 0.5) is 5.95 Å². The highest BCUT2D eigenvalue weighted by molar-refractivity contribution is 5.88. The quantitative estimate of drug-likeness (QED) is 0.826. The monoisotopic (exact) mass is 209 g/mol. The van der Waals surface area contributed by atoms with Crippen molar-refractivity contribution >= 4 is 11.9 Å². The van der Waals surface area contributed by atoms with E-state index in [4.69, 9.17) is 0 Å². The number of hydrogen-bond donors (Lipinski definition) is 1. The Morgan fingerprint density at radius 2 is 2.27 bits per heavy atom. The molecule has 0 aliphatic heterocycles. The molecule has 1 N–H and O–H groups in total. The first kappa shape index (κ1) is 10.1. The Hall–Kier alpha value is -1.39. The van der Waals surface area contributed by atoms with E-state index in [1.165, 1.54) is 38.5 Å². The maximum Gasteiger partial charge on any atom is 0.269 e.